The fourth-order valence-electron chi connectivity index (χ4n) is 7.03. The Labute approximate surface area is 177 Å². The Balaban J connectivity index is 1.31. The van der Waals surface area contributed by atoms with E-state index in [1.807, 2.05) is 4.90 Å². The van der Waals surface area contributed by atoms with Gasteiger partial charge in [0.05, 0.1) is 18.1 Å². The molecule has 160 valence electrons. The van der Waals surface area contributed by atoms with Gasteiger partial charge in [0.25, 0.3) is 0 Å². The molecule has 0 spiro atoms. The van der Waals surface area contributed by atoms with Crippen LogP contribution in [0.1, 0.15) is 61.7 Å². The summed E-state index contributed by atoms with van der Waals surface area (Å²) >= 11 is 0. The molecule has 4 aliphatic carbocycles. The average molecular weight is 411 g/mol. The molecule has 4 saturated carbocycles. The van der Waals surface area contributed by atoms with Gasteiger partial charge in [-0.3, -0.25) is 9.59 Å². The van der Waals surface area contributed by atoms with Gasteiger partial charge in [-0.2, -0.15) is 0 Å². The van der Waals surface area contributed by atoms with Crippen molar-refractivity contribution >= 4 is 23.5 Å². The number of nitrogens with one attached hydrogen (secondary N) is 1. The molecule has 0 aromatic heterocycles. The largest absolute Gasteiger partial charge is 0.465 e. The van der Waals surface area contributed by atoms with Crippen LogP contribution in [0.4, 0.5) is 5.69 Å². The minimum Gasteiger partial charge on any atom is -0.465 e. The Bertz CT molecular complexity index is 844. The monoisotopic (exact) mass is 410 g/mol. The maximum atomic E-state index is 13.7. The zero-order valence-electron chi connectivity index (χ0n) is 17.6. The maximum absolute atomic E-state index is 13.7. The summed E-state index contributed by atoms with van der Waals surface area (Å²) in [5, 5.41) is 2.92. The summed E-state index contributed by atoms with van der Waals surface area (Å²) in [6.07, 6.45) is 8.50. The SMILES string of the molecule is COC(=O)c1cccc(NC(=O)[C@@H]2CCCN2C(=O)C23CC4CC(CC(C4)C2)C3)c1. The first-order valence-corrected chi connectivity index (χ1v) is 11.3. The van der Waals surface area contributed by atoms with Crippen LogP contribution < -0.4 is 5.32 Å². The van der Waals surface area contributed by atoms with Crippen LogP contribution in [0.5, 0.6) is 0 Å². The quantitative estimate of drug-likeness (QED) is 0.770. The Hall–Kier alpha value is -2.37. The van der Waals surface area contributed by atoms with Crippen molar-refractivity contribution in [3.05, 3.63) is 29.8 Å². The number of hydrogen-bond acceptors (Lipinski definition) is 4. The average Bonchev–Trinajstić information content (AvgIpc) is 3.21. The lowest BCUT2D eigenvalue weighted by atomic mass is 9.49. The first kappa shape index (κ1) is 19.6. The molecule has 1 saturated heterocycles. The molecule has 1 N–H and O–H groups in total. The molecule has 6 nitrogen and oxygen atoms in total. The van der Waals surface area contributed by atoms with Gasteiger partial charge in [0, 0.05) is 12.2 Å². The summed E-state index contributed by atoms with van der Waals surface area (Å²) in [5.74, 6) is 1.74. The van der Waals surface area contributed by atoms with E-state index in [0.717, 1.165) is 25.7 Å². The number of likely N-dealkylation sites (tertiary alicyclic amines) is 1. The van der Waals surface area contributed by atoms with Crippen LogP contribution in [0.25, 0.3) is 0 Å². The molecule has 4 bridgehead atoms. The zero-order valence-corrected chi connectivity index (χ0v) is 17.6. The van der Waals surface area contributed by atoms with Gasteiger partial charge in [-0.05, 0) is 87.3 Å². The van der Waals surface area contributed by atoms with E-state index in [9.17, 15) is 14.4 Å². The van der Waals surface area contributed by atoms with Crippen LogP contribution in [-0.4, -0.2) is 42.4 Å². The van der Waals surface area contributed by atoms with E-state index in [1.54, 1.807) is 24.3 Å². The van der Waals surface area contributed by atoms with E-state index in [1.165, 1.54) is 26.4 Å². The van der Waals surface area contributed by atoms with Gasteiger partial charge in [0.2, 0.25) is 11.8 Å². The molecule has 1 heterocycles. The number of nitrogens with zero attached hydrogens (tertiary/aromatic N) is 1. The first-order chi connectivity index (χ1) is 14.5. The van der Waals surface area contributed by atoms with E-state index in [-0.39, 0.29) is 17.2 Å². The summed E-state index contributed by atoms with van der Waals surface area (Å²) < 4.78 is 4.76. The predicted molar refractivity (Wildman–Crippen MR) is 112 cm³/mol. The second-order valence-electron chi connectivity index (χ2n) is 9.92. The van der Waals surface area contributed by atoms with Gasteiger partial charge in [-0.15, -0.1) is 0 Å². The van der Waals surface area contributed by atoms with Crippen LogP contribution in [-0.2, 0) is 14.3 Å². The van der Waals surface area contributed by atoms with Crippen molar-refractivity contribution in [2.75, 3.05) is 19.0 Å². The highest BCUT2D eigenvalue weighted by Crippen LogP contribution is 2.60. The van der Waals surface area contributed by atoms with Gasteiger partial charge in [-0.25, -0.2) is 4.79 Å². The van der Waals surface area contributed by atoms with Crippen molar-refractivity contribution in [2.24, 2.45) is 23.2 Å². The van der Waals surface area contributed by atoms with Crippen LogP contribution in [0, 0.1) is 23.2 Å². The molecule has 1 aliphatic heterocycles. The summed E-state index contributed by atoms with van der Waals surface area (Å²) in [6, 6.07) is 6.32. The lowest BCUT2D eigenvalue weighted by Crippen LogP contribution is -2.56. The fourth-order valence-corrected chi connectivity index (χ4v) is 7.03. The van der Waals surface area contributed by atoms with Crippen LogP contribution in [0.15, 0.2) is 24.3 Å². The standard InChI is InChI=1S/C24H30N2O4/c1-30-22(28)18-4-2-5-19(11-18)25-21(27)20-6-3-7-26(20)23(29)24-12-15-8-16(13-24)10-17(9-15)14-24/h2,4-5,11,15-17,20H,3,6-10,12-14H2,1H3,(H,25,27)/t15?,16?,17?,20-,24?/m0/s1. The normalized spacial score (nSPS) is 34.1. The van der Waals surface area contributed by atoms with Gasteiger partial charge in [0.15, 0.2) is 0 Å². The van der Waals surface area contributed by atoms with E-state index in [0.29, 0.717) is 42.0 Å². The number of carbonyl (C=O) groups is 3. The molecule has 30 heavy (non-hydrogen) atoms. The molecule has 5 aliphatic rings. The summed E-state index contributed by atoms with van der Waals surface area (Å²) in [7, 11) is 1.33. The molecule has 6 heteroatoms. The van der Waals surface area contributed by atoms with Crippen LogP contribution in [0.2, 0.25) is 0 Å². The van der Waals surface area contributed by atoms with Crippen molar-refractivity contribution in [2.45, 2.75) is 57.4 Å². The zero-order chi connectivity index (χ0) is 20.9. The number of hydrogen-bond donors (Lipinski definition) is 1. The van der Waals surface area contributed by atoms with E-state index in [2.05, 4.69) is 5.32 Å². The second-order valence-corrected chi connectivity index (χ2v) is 9.92. The van der Waals surface area contributed by atoms with Crippen molar-refractivity contribution in [1.82, 2.24) is 4.90 Å². The number of rotatable bonds is 4. The van der Waals surface area contributed by atoms with Crippen molar-refractivity contribution < 1.29 is 19.1 Å². The lowest BCUT2D eigenvalue weighted by Gasteiger charge is -2.56. The fraction of sp³-hybridized carbons (Fsp3) is 0.625. The molecule has 1 atom stereocenters. The molecule has 2 amide bonds. The first-order valence-electron chi connectivity index (χ1n) is 11.3. The van der Waals surface area contributed by atoms with Crippen LogP contribution in [0.3, 0.4) is 0 Å². The second kappa shape index (κ2) is 7.40. The number of methoxy groups -OCH3 is 1. The number of ether oxygens (including phenoxy) is 1. The summed E-state index contributed by atoms with van der Waals surface area (Å²) in [5.41, 5.74) is 0.725. The highest BCUT2D eigenvalue weighted by Gasteiger charge is 2.56. The molecule has 1 aromatic rings. The van der Waals surface area contributed by atoms with E-state index >= 15 is 0 Å². The molecule has 0 unspecified atom stereocenters. The van der Waals surface area contributed by atoms with Crippen molar-refractivity contribution in [3.8, 4) is 0 Å². The van der Waals surface area contributed by atoms with E-state index in [4.69, 9.17) is 4.74 Å². The van der Waals surface area contributed by atoms with Crippen LogP contribution >= 0.6 is 0 Å². The summed E-state index contributed by atoms with van der Waals surface area (Å²) in [4.78, 5) is 40.5. The molecule has 6 rings (SSSR count). The minimum absolute atomic E-state index is 0.160. The highest BCUT2D eigenvalue weighted by molar-refractivity contribution is 5.99. The third kappa shape index (κ3) is 3.30. The number of carbonyl (C=O) groups excluding carboxylic acids is 3. The Kier molecular flexibility index (Phi) is 4.83. The Morgan fingerprint density at radius 3 is 2.37 bits per heavy atom. The molecular weight excluding hydrogens is 380 g/mol. The van der Waals surface area contributed by atoms with Gasteiger partial charge in [-0.1, -0.05) is 6.07 Å². The van der Waals surface area contributed by atoms with E-state index < -0.39 is 12.0 Å². The lowest BCUT2D eigenvalue weighted by molar-refractivity contribution is -0.160. The number of anilines is 1. The molecule has 5 fully saturated rings. The van der Waals surface area contributed by atoms with Gasteiger partial charge >= 0.3 is 5.97 Å². The Morgan fingerprint density at radius 2 is 1.73 bits per heavy atom. The summed E-state index contributed by atoms with van der Waals surface area (Å²) in [6.45, 7) is 0.668. The predicted octanol–water partition coefficient (Wildman–Crippen LogP) is 3.62. The molecule has 0 radical (unpaired) electrons. The highest BCUT2D eigenvalue weighted by atomic mass is 16.5. The molecule has 1 aromatic carbocycles. The topological polar surface area (TPSA) is 75.7 Å². The van der Waals surface area contributed by atoms with Crippen molar-refractivity contribution in [3.63, 3.8) is 0 Å². The number of benzene rings is 1. The Morgan fingerprint density at radius 1 is 1.07 bits per heavy atom. The molecular formula is C24H30N2O4. The van der Waals surface area contributed by atoms with Gasteiger partial charge in [0.1, 0.15) is 6.04 Å². The maximum Gasteiger partial charge on any atom is 0.337 e. The third-order valence-corrected chi connectivity index (χ3v) is 7.86. The van der Waals surface area contributed by atoms with Gasteiger partial charge < -0.3 is 15.0 Å². The number of esters is 1. The third-order valence-electron chi connectivity index (χ3n) is 7.86. The van der Waals surface area contributed by atoms with Crippen molar-refractivity contribution in [1.29, 1.82) is 0 Å². The minimum atomic E-state index is -0.439. The smallest absolute Gasteiger partial charge is 0.337 e. The number of amides is 2.